The first-order valence-corrected chi connectivity index (χ1v) is 6.73. The molecule has 2 N–H and O–H groups in total. The number of anilines is 2. The van der Waals surface area contributed by atoms with Gasteiger partial charge in [0, 0.05) is 18.3 Å². The lowest BCUT2D eigenvalue weighted by Gasteiger charge is -2.08. The van der Waals surface area contributed by atoms with Crippen molar-refractivity contribution in [1.29, 1.82) is 0 Å². The van der Waals surface area contributed by atoms with Crippen LogP contribution in [0.15, 0.2) is 48.7 Å². The average Bonchev–Trinajstić information content (AvgIpc) is 2.90. The molecule has 3 aromatic rings. The van der Waals surface area contributed by atoms with Crippen LogP contribution in [0.5, 0.6) is 0 Å². The molecule has 1 aromatic carbocycles. The van der Waals surface area contributed by atoms with Crippen molar-refractivity contribution >= 4 is 23.1 Å². The Labute approximate surface area is 121 Å². The molecule has 0 atom stereocenters. The number of amides is 2. The number of benzene rings is 1. The molecule has 0 radical (unpaired) electrons. The maximum Gasteiger partial charge on any atom is 0.323 e. The van der Waals surface area contributed by atoms with Crippen molar-refractivity contribution in [3.05, 3.63) is 54.5 Å². The zero-order valence-corrected chi connectivity index (χ0v) is 11.6. The first kappa shape index (κ1) is 13.1. The third-order valence-electron chi connectivity index (χ3n) is 3.08. The maximum absolute atomic E-state index is 11.9. The molecule has 0 saturated heterocycles. The second-order valence-electron chi connectivity index (χ2n) is 4.56. The van der Waals surface area contributed by atoms with Crippen molar-refractivity contribution in [1.82, 2.24) is 14.6 Å². The topological polar surface area (TPSA) is 71.3 Å². The normalized spacial score (nSPS) is 10.5. The standard InChI is InChI=1S/C15H15N5O/c1-2-13-18-19-14-9-8-12(10-20(13)14)17-15(21)16-11-6-4-3-5-7-11/h3-10H,2H2,1H3,(H2,16,17,21). The van der Waals surface area contributed by atoms with Crippen molar-refractivity contribution in [3.8, 4) is 0 Å². The number of aromatic nitrogens is 3. The molecule has 6 heteroatoms. The molecule has 0 aliphatic rings. The van der Waals surface area contributed by atoms with E-state index in [-0.39, 0.29) is 6.03 Å². The van der Waals surface area contributed by atoms with Gasteiger partial charge < -0.3 is 10.6 Å². The second-order valence-corrected chi connectivity index (χ2v) is 4.56. The predicted octanol–water partition coefficient (Wildman–Crippen LogP) is 2.94. The van der Waals surface area contributed by atoms with E-state index in [0.29, 0.717) is 5.69 Å². The number of nitrogens with zero attached hydrogens (tertiary/aromatic N) is 3. The largest absolute Gasteiger partial charge is 0.323 e. The molecule has 2 amide bonds. The van der Waals surface area contributed by atoms with Gasteiger partial charge in [-0.15, -0.1) is 10.2 Å². The molecule has 21 heavy (non-hydrogen) atoms. The summed E-state index contributed by atoms with van der Waals surface area (Å²) in [6, 6.07) is 12.6. The Balaban J connectivity index is 1.76. The van der Waals surface area contributed by atoms with Gasteiger partial charge in [0.05, 0.1) is 5.69 Å². The van der Waals surface area contributed by atoms with E-state index in [9.17, 15) is 4.79 Å². The number of rotatable bonds is 3. The van der Waals surface area contributed by atoms with E-state index >= 15 is 0 Å². The number of para-hydroxylation sites is 1. The maximum atomic E-state index is 11.9. The van der Waals surface area contributed by atoms with Crippen LogP contribution in [0.2, 0.25) is 0 Å². The summed E-state index contributed by atoms with van der Waals surface area (Å²) in [6.07, 6.45) is 2.60. The molecule has 0 unspecified atom stereocenters. The first-order chi connectivity index (χ1) is 10.3. The molecule has 6 nitrogen and oxygen atoms in total. The van der Waals surface area contributed by atoms with Crippen molar-refractivity contribution in [2.24, 2.45) is 0 Å². The Hall–Kier alpha value is -2.89. The van der Waals surface area contributed by atoms with Crippen molar-refractivity contribution in [3.63, 3.8) is 0 Å². The summed E-state index contributed by atoms with van der Waals surface area (Å²) in [5, 5.41) is 13.7. The summed E-state index contributed by atoms with van der Waals surface area (Å²) in [5.41, 5.74) is 2.20. The lowest BCUT2D eigenvalue weighted by atomic mass is 10.3. The summed E-state index contributed by atoms with van der Waals surface area (Å²) in [5.74, 6) is 0.858. The average molecular weight is 281 g/mol. The van der Waals surface area contributed by atoms with Crippen LogP contribution in [0.4, 0.5) is 16.2 Å². The van der Waals surface area contributed by atoms with E-state index in [0.717, 1.165) is 23.6 Å². The molecule has 0 spiro atoms. The summed E-state index contributed by atoms with van der Waals surface area (Å²) in [6.45, 7) is 2.01. The predicted molar refractivity (Wildman–Crippen MR) is 81.4 cm³/mol. The molecule has 3 rings (SSSR count). The molecule has 0 saturated carbocycles. The van der Waals surface area contributed by atoms with Gasteiger partial charge in [-0.3, -0.25) is 4.40 Å². The minimum absolute atomic E-state index is 0.285. The van der Waals surface area contributed by atoms with Crippen molar-refractivity contribution < 1.29 is 4.79 Å². The monoisotopic (exact) mass is 281 g/mol. The van der Waals surface area contributed by atoms with Crippen LogP contribution in [0.3, 0.4) is 0 Å². The van der Waals surface area contributed by atoms with Crippen LogP contribution in [-0.4, -0.2) is 20.6 Å². The molecule has 2 aromatic heterocycles. The molecule has 0 aliphatic carbocycles. The number of aryl methyl sites for hydroxylation is 1. The van der Waals surface area contributed by atoms with Gasteiger partial charge in [-0.1, -0.05) is 25.1 Å². The number of carbonyl (C=O) groups excluding carboxylic acids is 1. The second kappa shape index (κ2) is 5.62. The first-order valence-electron chi connectivity index (χ1n) is 6.73. The van der Waals surface area contributed by atoms with Crippen LogP contribution in [0.1, 0.15) is 12.7 Å². The number of urea groups is 1. The molecule has 2 heterocycles. The summed E-state index contributed by atoms with van der Waals surface area (Å²) in [4.78, 5) is 11.9. The molecule has 0 fully saturated rings. The highest BCUT2D eigenvalue weighted by Crippen LogP contribution is 2.12. The fraction of sp³-hybridized carbons (Fsp3) is 0.133. The fourth-order valence-corrected chi connectivity index (χ4v) is 2.07. The lowest BCUT2D eigenvalue weighted by Crippen LogP contribution is -2.19. The third kappa shape index (κ3) is 2.84. The van der Waals surface area contributed by atoms with Gasteiger partial charge in [0.2, 0.25) is 0 Å². The number of hydrogen-bond donors (Lipinski definition) is 2. The number of pyridine rings is 1. The van der Waals surface area contributed by atoms with Crippen LogP contribution < -0.4 is 10.6 Å². The summed E-state index contributed by atoms with van der Waals surface area (Å²) < 4.78 is 1.87. The smallest absolute Gasteiger partial charge is 0.308 e. The van der Waals surface area contributed by atoms with Crippen LogP contribution in [-0.2, 0) is 6.42 Å². The highest BCUT2D eigenvalue weighted by Gasteiger charge is 2.06. The van der Waals surface area contributed by atoms with Gasteiger partial charge in [0.25, 0.3) is 0 Å². The number of carbonyl (C=O) groups is 1. The van der Waals surface area contributed by atoms with E-state index < -0.39 is 0 Å². The molecule has 0 bridgehead atoms. The molecular weight excluding hydrogens is 266 g/mol. The van der Waals surface area contributed by atoms with Gasteiger partial charge in [-0.05, 0) is 24.3 Å². The van der Waals surface area contributed by atoms with E-state index in [1.54, 1.807) is 6.07 Å². The fourth-order valence-electron chi connectivity index (χ4n) is 2.07. The van der Waals surface area contributed by atoms with Gasteiger partial charge in [0.1, 0.15) is 5.82 Å². The Morgan fingerprint density at radius 2 is 1.81 bits per heavy atom. The SMILES string of the molecule is CCc1nnc2ccc(NC(=O)Nc3ccccc3)cn12. The van der Waals surface area contributed by atoms with Crippen LogP contribution in [0, 0.1) is 0 Å². The number of hydrogen-bond acceptors (Lipinski definition) is 3. The van der Waals surface area contributed by atoms with Crippen molar-refractivity contribution in [2.45, 2.75) is 13.3 Å². The van der Waals surface area contributed by atoms with E-state index in [1.807, 2.05) is 53.9 Å². The quantitative estimate of drug-likeness (QED) is 0.775. The number of nitrogens with one attached hydrogen (secondary N) is 2. The summed E-state index contributed by atoms with van der Waals surface area (Å²) >= 11 is 0. The molecular formula is C15H15N5O. The Morgan fingerprint density at radius 1 is 1.05 bits per heavy atom. The van der Waals surface area contributed by atoms with E-state index in [1.165, 1.54) is 0 Å². The Morgan fingerprint density at radius 3 is 2.57 bits per heavy atom. The zero-order chi connectivity index (χ0) is 14.7. The Bertz CT molecular complexity index is 766. The minimum Gasteiger partial charge on any atom is -0.308 e. The van der Waals surface area contributed by atoms with E-state index in [4.69, 9.17) is 0 Å². The van der Waals surface area contributed by atoms with Gasteiger partial charge >= 0.3 is 6.03 Å². The minimum atomic E-state index is -0.285. The van der Waals surface area contributed by atoms with Crippen LogP contribution >= 0.6 is 0 Å². The third-order valence-corrected chi connectivity index (χ3v) is 3.08. The van der Waals surface area contributed by atoms with Gasteiger partial charge in [-0.25, -0.2) is 4.79 Å². The van der Waals surface area contributed by atoms with Gasteiger partial charge in [0.15, 0.2) is 5.65 Å². The van der Waals surface area contributed by atoms with Gasteiger partial charge in [-0.2, -0.15) is 0 Å². The highest BCUT2D eigenvalue weighted by molar-refractivity contribution is 5.99. The summed E-state index contributed by atoms with van der Waals surface area (Å²) in [7, 11) is 0. The number of fused-ring (bicyclic) bond motifs is 1. The van der Waals surface area contributed by atoms with E-state index in [2.05, 4.69) is 20.8 Å². The Kier molecular flexibility index (Phi) is 3.51. The zero-order valence-electron chi connectivity index (χ0n) is 11.6. The van der Waals surface area contributed by atoms with Crippen LogP contribution in [0.25, 0.3) is 5.65 Å². The molecule has 0 aliphatic heterocycles. The van der Waals surface area contributed by atoms with Crippen molar-refractivity contribution in [2.75, 3.05) is 10.6 Å². The lowest BCUT2D eigenvalue weighted by molar-refractivity contribution is 0.262. The molecule has 106 valence electrons. The highest BCUT2D eigenvalue weighted by atomic mass is 16.2.